The van der Waals surface area contributed by atoms with Crippen LogP contribution in [0.5, 0.6) is 0 Å². The number of halogens is 2. The Hall–Kier alpha value is -1.02. The van der Waals surface area contributed by atoms with Crippen molar-refractivity contribution in [2.75, 3.05) is 20.6 Å². The molecule has 118 valence electrons. The highest BCUT2D eigenvalue weighted by atomic mass is 35.5. The first-order valence-corrected chi connectivity index (χ1v) is 8.35. The molecule has 0 amide bonds. The van der Waals surface area contributed by atoms with Gasteiger partial charge in [0.25, 0.3) is 0 Å². The molecule has 0 aliphatic rings. The molecule has 1 atom stereocenters. The van der Waals surface area contributed by atoms with E-state index in [1.54, 1.807) is 0 Å². The normalized spacial score (nSPS) is 13.2. The van der Waals surface area contributed by atoms with Gasteiger partial charge in [-0.05, 0) is 24.6 Å². The van der Waals surface area contributed by atoms with Gasteiger partial charge in [-0.25, -0.2) is 0 Å². The number of hydrogen-bond acceptors (Lipinski definition) is 0. The average molecular weight is 337 g/mol. The monoisotopic (exact) mass is 336 g/mol. The third-order valence-electron chi connectivity index (χ3n) is 3.97. The first-order valence-electron chi connectivity index (χ1n) is 7.59. The fraction of sp³-hybridized carbons (Fsp3) is 0.368. The van der Waals surface area contributed by atoms with E-state index in [2.05, 4.69) is 58.3 Å². The molecule has 0 saturated heterocycles. The Kier molecular flexibility index (Phi) is 5.55. The molecule has 0 saturated carbocycles. The SMILES string of the molecule is Cc1cccc(C[N+](C)(C)CC(C)c2ccc(Cl)c(Cl)c2)c1. The number of hydrogen-bond donors (Lipinski definition) is 0. The molecule has 0 bridgehead atoms. The van der Waals surface area contributed by atoms with Crippen LogP contribution >= 0.6 is 23.2 Å². The summed E-state index contributed by atoms with van der Waals surface area (Å²) in [6, 6.07) is 14.7. The maximum Gasteiger partial charge on any atom is 0.104 e. The summed E-state index contributed by atoms with van der Waals surface area (Å²) in [5.74, 6) is 0.426. The van der Waals surface area contributed by atoms with Crippen LogP contribution in [-0.2, 0) is 6.54 Å². The van der Waals surface area contributed by atoms with Crippen molar-refractivity contribution in [2.45, 2.75) is 26.3 Å². The van der Waals surface area contributed by atoms with Crippen LogP contribution in [-0.4, -0.2) is 25.1 Å². The number of aryl methyl sites for hydroxylation is 1. The number of likely N-dealkylation sites (N-methyl/N-ethyl adjacent to an activating group) is 1. The highest BCUT2D eigenvalue weighted by Gasteiger charge is 2.21. The van der Waals surface area contributed by atoms with E-state index in [0.717, 1.165) is 17.6 Å². The summed E-state index contributed by atoms with van der Waals surface area (Å²) in [6.45, 7) is 6.46. The van der Waals surface area contributed by atoms with Gasteiger partial charge < -0.3 is 4.48 Å². The quantitative estimate of drug-likeness (QED) is 0.616. The van der Waals surface area contributed by atoms with E-state index in [-0.39, 0.29) is 0 Å². The van der Waals surface area contributed by atoms with Gasteiger partial charge >= 0.3 is 0 Å². The Morgan fingerprint density at radius 1 is 1.00 bits per heavy atom. The highest BCUT2D eigenvalue weighted by Crippen LogP contribution is 2.28. The van der Waals surface area contributed by atoms with Crippen LogP contribution in [0.2, 0.25) is 10.0 Å². The molecule has 0 N–H and O–H groups in total. The maximum atomic E-state index is 6.14. The Labute approximate surface area is 144 Å². The maximum absolute atomic E-state index is 6.14. The third-order valence-corrected chi connectivity index (χ3v) is 4.71. The van der Waals surface area contributed by atoms with Crippen LogP contribution in [0.25, 0.3) is 0 Å². The second-order valence-electron chi connectivity index (χ2n) is 6.84. The molecule has 0 spiro atoms. The van der Waals surface area contributed by atoms with Gasteiger partial charge in [-0.2, -0.15) is 0 Å². The molecule has 0 heterocycles. The topological polar surface area (TPSA) is 0 Å². The van der Waals surface area contributed by atoms with Gasteiger partial charge in [0.1, 0.15) is 6.54 Å². The predicted molar refractivity (Wildman–Crippen MR) is 96.7 cm³/mol. The molecule has 1 unspecified atom stereocenters. The van der Waals surface area contributed by atoms with Crippen LogP contribution in [0.3, 0.4) is 0 Å². The van der Waals surface area contributed by atoms with E-state index in [1.807, 2.05) is 12.1 Å². The van der Waals surface area contributed by atoms with Gasteiger partial charge in [-0.15, -0.1) is 0 Å². The zero-order valence-corrected chi connectivity index (χ0v) is 15.2. The van der Waals surface area contributed by atoms with Gasteiger partial charge in [0.05, 0.1) is 30.7 Å². The lowest BCUT2D eigenvalue weighted by Gasteiger charge is -2.33. The molecule has 0 aliphatic carbocycles. The Balaban J connectivity index is 2.08. The van der Waals surface area contributed by atoms with Crippen molar-refractivity contribution < 1.29 is 4.48 Å². The van der Waals surface area contributed by atoms with E-state index in [4.69, 9.17) is 23.2 Å². The van der Waals surface area contributed by atoms with E-state index >= 15 is 0 Å². The van der Waals surface area contributed by atoms with Crippen LogP contribution in [0.15, 0.2) is 42.5 Å². The van der Waals surface area contributed by atoms with Crippen LogP contribution in [0.1, 0.15) is 29.5 Å². The van der Waals surface area contributed by atoms with Crippen molar-refractivity contribution in [3.8, 4) is 0 Å². The summed E-state index contributed by atoms with van der Waals surface area (Å²) < 4.78 is 0.935. The second-order valence-corrected chi connectivity index (χ2v) is 7.65. The first kappa shape index (κ1) is 17.3. The largest absolute Gasteiger partial charge is 0.324 e. The van der Waals surface area contributed by atoms with Crippen LogP contribution in [0, 0.1) is 6.92 Å². The zero-order valence-electron chi connectivity index (χ0n) is 13.7. The summed E-state index contributed by atoms with van der Waals surface area (Å²) in [5, 5.41) is 1.25. The molecule has 2 aromatic carbocycles. The number of benzene rings is 2. The van der Waals surface area contributed by atoms with E-state index in [9.17, 15) is 0 Å². The van der Waals surface area contributed by atoms with Gasteiger partial charge in [-0.1, -0.05) is 66.0 Å². The van der Waals surface area contributed by atoms with E-state index in [1.165, 1.54) is 16.7 Å². The molecular formula is C19H24Cl2N+. The summed E-state index contributed by atoms with van der Waals surface area (Å²) in [5.41, 5.74) is 3.94. The average Bonchev–Trinajstić information content (AvgIpc) is 2.40. The van der Waals surface area contributed by atoms with Crippen molar-refractivity contribution in [1.29, 1.82) is 0 Å². The summed E-state index contributed by atoms with van der Waals surface area (Å²) >= 11 is 12.1. The number of rotatable bonds is 5. The smallest absolute Gasteiger partial charge is 0.104 e. The minimum Gasteiger partial charge on any atom is -0.324 e. The molecule has 22 heavy (non-hydrogen) atoms. The van der Waals surface area contributed by atoms with Crippen molar-refractivity contribution in [3.05, 3.63) is 69.2 Å². The molecule has 2 rings (SSSR count). The van der Waals surface area contributed by atoms with Crippen molar-refractivity contribution in [1.82, 2.24) is 0 Å². The van der Waals surface area contributed by atoms with Gasteiger partial charge in [0, 0.05) is 11.5 Å². The molecule has 0 fully saturated rings. The van der Waals surface area contributed by atoms with Crippen LogP contribution in [0.4, 0.5) is 0 Å². The summed E-state index contributed by atoms with van der Waals surface area (Å²) in [4.78, 5) is 0. The Bertz CT molecular complexity index is 650. The fourth-order valence-electron chi connectivity index (χ4n) is 3.03. The lowest BCUT2D eigenvalue weighted by Crippen LogP contribution is -2.41. The Morgan fingerprint density at radius 2 is 1.73 bits per heavy atom. The molecule has 0 aromatic heterocycles. The number of quaternary nitrogens is 1. The van der Waals surface area contributed by atoms with Crippen molar-refractivity contribution in [3.63, 3.8) is 0 Å². The van der Waals surface area contributed by atoms with Crippen LogP contribution < -0.4 is 0 Å². The highest BCUT2D eigenvalue weighted by molar-refractivity contribution is 6.42. The minimum absolute atomic E-state index is 0.426. The third kappa shape index (κ3) is 4.74. The lowest BCUT2D eigenvalue weighted by atomic mass is 9.99. The molecular weight excluding hydrogens is 313 g/mol. The van der Waals surface area contributed by atoms with E-state index in [0.29, 0.717) is 16.0 Å². The van der Waals surface area contributed by atoms with Gasteiger partial charge in [0.15, 0.2) is 0 Å². The van der Waals surface area contributed by atoms with Gasteiger partial charge in [-0.3, -0.25) is 0 Å². The second kappa shape index (κ2) is 7.04. The Morgan fingerprint density at radius 3 is 2.36 bits per heavy atom. The van der Waals surface area contributed by atoms with Crippen molar-refractivity contribution in [2.24, 2.45) is 0 Å². The van der Waals surface area contributed by atoms with E-state index < -0.39 is 0 Å². The lowest BCUT2D eigenvalue weighted by molar-refractivity contribution is -0.904. The fourth-order valence-corrected chi connectivity index (χ4v) is 3.34. The summed E-state index contributed by atoms with van der Waals surface area (Å²) in [7, 11) is 4.55. The first-order chi connectivity index (χ1) is 10.3. The summed E-state index contributed by atoms with van der Waals surface area (Å²) in [6.07, 6.45) is 0. The molecule has 2 aromatic rings. The molecule has 0 aliphatic heterocycles. The minimum atomic E-state index is 0.426. The molecule has 0 radical (unpaired) electrons. The molecule has 3 heteroatoms. The number of nitrogens with zero attached hydrogens (tertiary/aromatic N) is 1. The molecule has 1 nitrogen and oxygen atoms in total. The standard InChI is InChI=1S/C19H24Cl2N/c1-14-6-5-7-16(10-14)13-22(3,4)12-15(2)17-8-9-18(20)19(21)11-17/h5-11,15H,12-13H2,1-4H3/q+1. The van der Waals surface area contributed by atoms with Gasteiger partial charge in [0.2, 0.25) is 0 Å². The zero-order chi connectivity index (χ0) is 16.3. The predicted octanol–water partition coefficient (Wildman–Crippen LogP) is 5.68. The van der Waals surface area contributed by atoms with Crippen molar-refractivity contribution >= 4 is 23.2 Å².